The number of hydrogen-bond acceptors (Lipinski definition) is 2. The van der Waals surface area contributed by atoms with Crippen molar-refractivity contribution < 1.29 is 4.39 Å². The fraction of sp³-hybridized carbons (Fsp3) is 0.0556. The Morgan fingerprint density at radius 2 is 2.00 bits per heavy atom. The second-order valence-electron chi connectivity index (χ2n) is 4.89. The molecule has 2 aromatic carbocycles. The highest BCUT2D eigenvalue weighted by Crippen LogP contribution is 2.29. The van der Waals surface area contributed by atoms with Gasteiger partial charge >= 0.3 is 0 Å². The number of rotatable bonds is 2. The Labute approximate surface area is 133 Å². The van der Waals surface area contributed by atoms with Gasteiger partial charge in [0, 0.05) is 22.8 Å². The molecule has 0 bridgehead atoms. The number of benzene rings is 2. The fourth-order valence-corrected chi connectivity index (χ4v) is 2.62. The summed E-state index contributed by atoms with van der Waals surface area (Å²) in [6.07, 6.45) is 3.92. The molecule has 2 aromatic rings. The second kappa shape index (κ2) is 6.05. The van der Waals surface area contributed by atoms with Gasteiger partial charge in [-0.3, -0.25) is 0 Å². The molecule has 0 radical (unpaired) electrons. The quantitative estimate of drug-likeness (QED) is 0.893. The van der Waals surface area contributed by atoms with E-state index in [-0.39, 0.29) is 5.56 Å². The number of nitrogens with one attached hydrogen (secondary N) is 1. The van der Waals surface area contributed by atoms with E-state index in [1.807, 2.05) is 42.5 Å². The van der Waals surface area contributed by atoms with Gasteiger partial charge in [-0.1, -0.05) is 42.0 Å². The summed E-state index contributed by atoms with van der Waals surface area (Å²) in [5, 5.41) is 12.8. The highest BCUT2D eigenvalue weighted by atomic mass is 35.5. The standard InChI is InChI=1S/C18H12ClFN2/c19-15-4-1-3-13(9-15)18-16(5-2-8-22-18)12-6-7-14(11-21)17(20)10-12/h1-7,9-10,22H,8H2. The van der Waals surface area contributed by atoms with Crippen molar-refractivity contribution in [3.63, 3.8) is 0 Å². The highest BCUT2D eigenvalue weighted by Gasteiger charge is 2.14. The minimum absolute atomic E-state index is 0.0430. The van der Waals surface area contributed by atoms with Crippen molar-refractivity contribution in [3.8, 4) is 6.07 Å². The Balaban J connectivity index is 2.15. The van der Waals surface area contributed by atoms with Crippen molar-refractivity contribution in [2.45, 2.75) is 0 Å². The molecule has 0 unspecified atom stereocenters. The van der Waals surface area contributed by atoms with E-state index < -0.39 is 5.82 Å². The van der Waals surface area contributed by atoms with Gasteiger partial charge in [0.05, 0.1) is 5.56 Å². The van der Waals surface area contributed by atoms with Crippen LogP contribution in [-0.2, 0) is 0 Å². The molecule has 1 heterocycles. The Bertz CT molecular complexity index is 831. The molecule has 0 aromatic heterocycles. The van der Waals surface area contributed by atoms with Crippen LogP contribution in [0.2, 0.25) is 5.02 Å². The number of nitrogens with zero attached hydrogens (tertiary/aromatic N) is 1. The molecule has 3 rings (SSSR count). The van der Waals surface area contributed by atoms with Gasteiger partial charge in [0.2, 0.25) is 0 Å². The van der Waals surface area contributed by atoms with Crippen LogP contribution in [0.15, 0.2) is 54.6 Å². The summed E-state index contributed by atoms with van der Waals surface area (Å²) in [5.74, 6) is -0.517. The van der Waals surface area contributed by atoms with E-state index in [1.54, 1.807) is 6.07 Å². The first kappa shape index (κ1) is 14.4. The van der Waals surface area contributed by atoms with E-state index in [0.29, 0.717) is 11.6 Å². The molecular weight excluding hydrogens is 299 g/mol. The van der Waals surface area contributed by atoms with Crippen LogP contribution in [-0.4, -0.2) is 6.54 Å². The Hall–Kier alpha value is -2.57. The normalized spacial score (nSPS) is 13.7. The van der Waals surface area contributed by atoms with Crippen LogP contribution in [0.3, 0.4) is 0 Å². The van der Waals surface area contributed by atoms with Gasteiger partial charge in [-0.25, -0.2) is 4.39 Å². The predicted octanol–water partition coefficient (Wildman–Crippen LogP) is 4.38. The smallest absolute Gasteiger partial charge is 0.141 e. The summed E-state index contributed by atoms with van der Waals surface area (Å²) in [4.78, 5) is 0. The van der Waals surface area contributed by atoms with Gasteiger partial charge in [-0.05, 0) is 35.4 Å². The molecule has 0 atom stereocenters. The van der Waals surface area contributed by atoms with Crippen LogP contribution < -0.4 is 5.32 Å². The molecule has 0 saturated heterocycles. The van der Waals surface area contributed by atoms with E-state index >= 15 is 0 Å². The van der Waals surface area contributed by atoms with E-state index in [4.69, 9.17) is 16.9 Å². The summed E-state index contributed by atoms with van der Waals surface area (Å²) in [6.45, 7) is 0.699. The number of dihydropyridines is 1. The Morgan fingerprint density at radius 3 is 2.73 bits per heavy atom. The van der Waals surface area contributed by atoms with Crippen molar-refractivity contribution in [2.75, 3.05) is 6.54 Å². The maximum atomic E-state index is 13.9. The molecule has 1 aliphatic heterocycles. The lowest BCUT2D eigenvalue weighted by Gasteiger charge is -2.19. The Morgan fingerprint density at radius 1 is 1.14 bits per heavy atom. The average Bonchev–Trinajstić information content (AvgIpc) is 2.55. The summed E-state index contributed by atoms with van der Waals surface area (Å²) >= 11 is 6.06. The largest absolute Gasteiger partial charge is 0.381 e. The van der Waals surface area contributed by atoms with Gasteiger partial charge in [-0.15, -0.1) is 0 Å². The van der Waals surface area contributed by atoms with Crippen LogP contribution in [0.5, 0.6) is 0 Å². The molecule has 0 aliphatic carbocycles. The SMILES string of the molecule is N#Cc1ccc(C2=C(c3cccc(Cl)c3)NCC=C2)cc1F. The number of allylic oxidation sites excluding steroid dienone is 2. The second-order valence-corrected chi connectivity index (χ2v) is 5.33. The molecule has 22 heavy (non-hydrogen) atoms. The molecule has 108 valence electrons. The minimum Gasteiger partial charge on any atom is -0.381 e. The summed E-state index contributed by atoms with van der Waals surface area (Å²) < 4.78 is 13.9. The molecule has 0 amide bonds. The Kier molecular flexibility index (Phi) is 3.95. The van der Waals surface area contributed by atoms with E-state index in [0.717, 1.165) is 22.4 Å². The van der Waals surface area contributed by atoms with Gasteiger partial charge in [0.25, 0.3) is 0 Å². The molecular formula is C18H12ClFN2. The van der Waals surface area contributed by atoms with Crippen LogP contribution in [0.4, 0.5) is 4.39 Å². The van der Waals surface area contributed by atoms with E-state index in [1.165, 1.54) is 12.1 Å². The zero-order valence-corrected chi connectivity index (χ0v) is 12.4. The van der Waals surface area contributed by atoms with Gasteiger partial charge in [0.1, 0.15) is 11.9 Å². The zero-order chi connectivity index (χ0) is 15.5. The third-order valence-electron chi connectivity index (χ3n) is 3.46. The molecule has 1 aliphatic rings. The molecule has 2 nitrogen and oxygen atoms in total. The summed E-state index contributed by atoms with van der Waals surface area (Å²) in [6, 6.07) is 14.0. The lowest BCUT2D eigenvalue weighted by Crippen LogP contribution is -2.17. The minimum atomic E-state index is -0.517. The summed E-state index contributed by atoms with van der Waals surface area (Å²) in [5.41, 5.74) is 3.47. The summed E-state index contributed by atoms with van der Waals surface area (Å²) in [7, 11) is 0. The molecule has 1 N–H and O–H groups in total. The maximum Gasteiger partial charge on any atom is 0.141 e. The van der Waals surface area contributed by atoms with Crippen molar-refractivity contribution >= 4 is 22.9 Å². The van der Waals surface area contributed by atoms with E-state index in [2.05, 4.69) is 5.32 Å². The fourth-order valence-electron chi connectivity index (χ4n) is 2.43. The molecule has 0 saturated carbocycles. The molecule has 4 heteroatoms. The average molecular weight is 311 g/mol. The number of nitriles is 1. The van der Waals surface area contributed by atoms with Gasteiger partial charge < -0.3 is 5.32 Å². The number of hydrogen-bond donors (Lipinski definition) is 1. The van der Waals surface area contributed by atoms with Crippen molar-refractivity contribution in [2.24, 2.45) is 0 Å². The first-order valence-corrected chi connectivity index (χ1v) is 7.17. The van der Waals surface area contributed by atoms with Crippen molar-refractivity contribution in [1.29, 1.82) is 5.26 Å². The van der Waals surface area contributed by atoms with Crippen LogP contribution in [0.25, 0.3) is 11.3 Å². The number of halogens is 2. The first-order chi connectivity index (χ1) is 10.7. The van der Waals surface area contributed by atoms with Crippen LogP contribution in [0.1, 0.15) is 16.7 Å². The highest BCUT2D eigenvalue weighted by molar-refractivity contribution is 6.30. The third-order valence-corrected chi connectivity index (χ3v) is 3.70. The van der Waals surface area contributed by atoms with Crippen LogP contribution in [0, 0.1) is 17.1 Å². The first-order valence-electron chi connectivity index (χ1n) is 6.79. The van der Waals surface area contributed by atoms with E-state index in [9.17, 15) is 4.39 Å². The monoisotopic (exact) mass is 310 g/mol. The lowest BCUT2D eigenvalue weighted by molar-refractivity contribution is 0.623. The van der Waals surface area contributed by atoms with Gasteiger partial charge in [-0.2, -0.15) is 5.26 Å². The van der Waals surface area contributed by atoms with Crippen LogP contribution >= 0.6 is 11.6 Å². The molecule has 0 spiro atoms. The maximum absolute atomic E-state index is 13.9. The molecule has 0 fully saturated rings. The van der Waals surface area contributed by atoms with Crippen molar-refractivity contribution in [1.82, 2.24) is 5.32 Å². The van der Waals surface area contributed by atoms with Crippen molar-refractivity contribution in [3.05, 3.63) is 82.1 Å². The topological polar surface area (TPSA) is 35.8 Å². The third kappa shape index (κ3) is 2.74. The van der Waals surface area contributed by atoms with Gasteiger partial charge in [0.15, 0.2) is 0 Å². The predicted molar refractivity (Wildman–Crippen MR) is 86.5 cm³/mol. The lowest BCUT2D eigenvalue weighted by atomic mass is 9.96. The zero-order valence-electron chi connectivity index (χ0n) is 11.6.